The predicted octanol–water partition coefficient (Wildman–Crippen LogP) is 3.73. The number of nitrogens with zero attached hydrogens (tertiary/aromatic N) is 5. The summed E-state index contributed by atoms with van der Waals surface area (Å²) in [7, 11) is 0. The van der Waals surface area contributed by atoms with E-state index in [1.54, 1.807) is 11.8 Å². The minimum Gasteiger partial charge on any atom is -0.508 e. The Morgan fingerprint density at radius 1 is 1.21 bits per heavy atom. The Balaban J connectivity index is 0.00000124. The van der Waals surface area contributed by atoms with Crippen LogP contribution in [0, 0.1) is 11.6 Å². The molecule has 0 saturated carbocycles. The number of aryl methyl sites for hydroxylation is 1. The highest BCUT2D eigenvalue weighted by Crippen LogP contribution is 2.44. The number of primary amides is 1. The van der Waals surface area contributed by atoms with E-state index >= 15 is 4.39 Å². The Kier molecular flexibility index (Phi) is 8.66. The fraction of sp³-hybridized carbons (Fsp3) is 0.406. The summed E-state index contributed by atoms with van der Waals surface area (Å²) in [5, 5.41) is 18.5. The molecule has 0 spiro atoms. The molecule has 3 aliphatic heterocycles. The molecule has 15 heteroatoms. The molecule has 7 rings (SSSR count). The van der Waals surface area contributed by atoms with Crippen molar-refractivity contribution in [2.24, 2.45) is 5.73 Å². The van der Waals surface area contributed by atoms with Crippen LogP contribution < -0.4 is 20.1 Å². The number of anilines is 1. The monoisotopic (exact) mass is 654 g/mol. The van der Waals surface area contributed by atoms with Crippen LogP contribution in [0.15, 0.2) is 24.3 Å². The smallest absolute Gasteiger partial charge is 0.319 e. The van der Waals surface area contributed by atoms with E-state index in [-0.39, 0.29) is 78.4 Å². The maximum Gasteiger partial charge on any atom is 0.319 e. The SMILES string of the molecule is CCc1c(F)ccc2cc(O)cc(-c3nc4c5c(nc(OC[C@@]67CCCN6C[C@H](F)C7)nc5c3F)N(CC(N)=O)CCO4)c12.O=CO. The van der Waals surface area contributed by atoms with Crippen molar-refractivity contribution < 1.29 is 42.4 Å². The Morgan fingerprint density at radius 2 is 2.00 bits per heavy atom. The Morgan fingerprint density at radius 3 is 2.74 bits per heavy atom. The van der Waals surface area contributed by atoms with E-state index in [0.717, 1.165) is 19.4 Å². The Labute approximate surface area is 266 Å². The summed E-state index contributed by atoms with van der Waals surface area (Å²) in [5.41, 5.74) is 5.13. The number of halogens is 3. The highest BCUT2D eigenvalue weighted by Gasteiger charge is 2.49. The first-order valence-electron chi connectivity index (χ1n) is 15.2. The molecule has 12 nitrogen and oxygen atoms in total. The van der Waals surface area contributed by atoms with Crippen LogP contribution in [-0.4, -0.2) is 93.5 Å². The number of carbonyl (C=O) groups is 2. The normalized spacial score (nSPS) is 20.3. The van der Waals surface area contributed by atoms with Gasteiger partial charge in [-0.05, 0) is 60.3 Å². The lowest BCUT2D eigenvalue weighted by Crippen LogP contribution is -2.43. The summed E-state index contributed by atoms with van der Waals surface area (Å²) >= 11 is 0. The molecular formula is C32H33F3N6O6. The van der Waals surface area contributed by atoms with Gasteiger partial charge in [0.25, 0.3) is 6.47 Å². The molecule has 0 unspecified atom stereocenters. The average molecular weight is 655 g/mol. The fourth-order valence-corrected chi connectivity index (χ4v) is 7.06. The zero-order valence-corrected chi connectivity index (χ0v) is 25.5. The van der Waals surface area contributed by atoms with Crippen LogP contribution in [0.1, 0.15) is 31.7 Å². The molecule has 2 aromatic carbocycles. The molecule has 0 radical (unpaired) electrons. The number of amides is 1. The number of carboxylic acid groups (broad SMARTS) is 1. The summed E-state index contributed by atoms with van der Waals surface area (Å²) in [4.78, 5) is 37.5. The van der Waals surface area contributed by atoms with Gasteiger partial charge in [-0.25, -0.2) is 18.2 Å². The number of alkyl halides is 1. The third-order valence-electron chi connectivity index (χ3n) is 8.95. The van der Waals surface area contributed by atoms with Crippen molar-refractivity contribution in [1.82, 2.24) is 19.9 Å². The lowest BCUT2D eigenvalue weighted by molar-refractivity contribution is -0.123. The van der Waals surface area contributed by atoms with Gasteiger partial charge in [0, 0.05) is 18.5 Å². The molecule has 0 bridgehead atoms. The number of ether oxygens (including phenoxy) is 2. The van der Waals surface area contributed by atoms with Crippen LogP contribution in [0.4, 0.5) is 19.0 Å². The van der Waals surface area contributed by atoms with Crippen LogP contribution in [0.2, 0.25) is 0 Å². The van der Waals surface area contributed by atoms with Gasteiger partial charge in [0.1, 0.15) is 53.4 Å². The lowest BCUT2D eigenvalue weighted by Gasteiger charge is -2.31. The number of nitrogens with two attached hydrogens (primary N) is 1. The molecular weight excluding hydrogens is 621 g/mol. The molecule has 3 aliphatic rings. The maximum absolute atomic E-state index is 16.8. The third-order valence-corrected chi connectivity index (χ3v) is 8.95. The summed E-state index contributed by atoms with van der Waals surface area (Å²) in [6.45, 7) is 2.77. The number of carbonyl (C=O) groups excluding carboxylic acids is 1. The number of hydrogen-bond acceptors (Lipinski definition) is 10. The van der Waals surface area contributed by atoms with Gasteiger partial charge in [-0.15, -0.1) is 0 Å². The largest absolute Gasteiger partial charge is 0.508 e. The topological polar surface area (TPSA) is 164 Å². The molecule has 4 N–H and O–H groups in total. The molecule has 47 heavy (non-hydrogen) atoms. The highest BCUT2D eigenvalue weighted by molar-refractivity contribution is 6.03. The Bertz CT molecular complexity index is 1880. The number of rotatable bonds is 7. The molecule has 2 atom stereocenters. The van der Waals surface area contributed by atoms with E-state index in [1.165, 1.54) is 24.3 Å². The van der Waals surface area contributed by atoms with Gasteiger partial charge in [0.2, 0.25) is 11.8 Å². The van der Waals surface area contributed by atoms with Crippen molar-refractivity contribution in [3.8, 4) is 28.9 Å². The number of hydrogen-bond donors (Lipinski definition) is 3. The third kappa shape index (κ3) is 5.79. The number of phenolic OH excluding ortho intramolecular Hbond substituents is 1. The zero-order valence-electron chi connectivity index (χ0n) is 25.5. The van der Waals surface area contributed by atoms with Crippen molar-refractivity contribution in [1.29, 1.82) is 0 Å². The number of pyridine rings is 1. The van der Waals surface area contributed by atoms with Gasteiger partial charge in [-0.2, -0.15) is 9.97 Å². The van der Waals surface area contributed by atoms with Crippen LogP contribution in [0.3, 0.4) is 0 Å². The summed E-state index contributed by atoms with van der Waals surface area (Å²) in [5.74, 6) is -1.96. The molecule has 248 valence electrons. The average Bonchev–Trinajstić information content (AvgIpc) is 3.50. The first-order valence-corrected chi connectivity index (χ1v) is 15.2. The number of fused-ring (bicyclic) bond motifs is 2. The number of aromatic hydroxyl groups is 1. The molecule has 1 amide bonds. The van der Waals surface area contributed by atoms with Crippen LogP contribution in [0.25, 0.3) is 32.9 Å². The van der Waals surface area contributed by atoms with Crippen molar-refractivity contribution in [2.45, 2.75) is 44.3 Å². The van der Waals surface area contributed by atoms with Gasteiger partial charge in [-0.3, -0.25) is 14.5 Å². The fourth-order valence-electron chi connectivity index (χ4n) is 7.06. The minimum absolute atomic E-state index is 0.00694. The summed E-state index contributed by atoms with van der Waals surface area (Å²) in [6.07, 6.45) is 1.33. The number of phenols is 1. The van der Waals surface area contributed by atoms with Crippen molar-refractivity contribution in [3.05, 3.63) is 41.5 Å². The Hall–Kier alpha value is -4.92. The van der Waals surface area contributed by atoms with Crippen molar-refractivity contribution in [2.75, 3.05) is 44.3 Å². The second-order valence-corrected chi connectivity index (χ2v) is 11.8. The molecule has 0 aliphatic carbocycles. The van der Waals surface area contributed by atoms with Gasteiger partial charge in [0.15, 0.2) is 5.82 Å². The minimum atomic E-state index is -0.965. The van der Waals surface area contributed by atoms with E-state index in [2.05, 4.69) is 19.9 Å². The quantitative estimate of drug-likeness (QED) is 0.249. The lowest BCUT2D eigenvalue weighted by atomic mass is 9.94. The van der Waals surface area contributed by atoms with E-state index in [1.807, 2.05) is 0 Å². The molecule has 2 aromatic heterocycles. The van der Waals surface area contributed by atoms with Gasteiger partial charge in [0.05, 0.1) is 18.6 Å². The molecule has 4 aromatic rings. The molecule has 2 fully saturated rings. The molecule has 5 heterocycles. The van der Waals surface area contributed by atoms with E-state index in [0.29, 0.717) is 35.7 Å². The van der Waals surface area contributed by atoms with Crippen LogP contribution >= 0.6 is 0 Å². The summed E-state index contributed by atoms with van der Waals surface area (Å²) in [6, 6.07) is 5.48. The van der Waals surface area contributed by atoms with E-state index < -0.39 is 29.3 Å². The van der Waals surface area contributed by atoms with E-state index in [9.17, 15) is 18.7 Å². The van der Waals surface area contributed by atoms with Crippen LogP contribution in [-0.2, 0) is 16.0 Å². The van der Waals surface area contributed by atoms with Crippen molar-refractivity contribution in [3.63, 3.8) is 0 Å². The molecule has 2 saturated heterocycles. The highest BCUT2D eigenvalue weighted by atomic mass is 19.1. The van der Waals surface area contributed by atoms with Crippen LogP contribution in [0.5, 0.6) is 17.6 Å². The van der Waals surface area contributed by atoms with Gasteiger partial charge in [-0.1, -0.05) is 13.0 Å². The standard InChI is InChI=1S/C31H31F3N6O4.CH2O2/c1-2-19-21(33)5-4-16-10-18(41)11-20(23(16)19)26-25(34)27-24-28(39(14-22(35)42)8-9-43-29(24)36-26)38-30(37-27)44-15-31-6-3-7-40(31)13-17(32)12-31;2-1-3/h4-5,10-11,17,41H,2-3,6-9,12-15H2,1H3,(H2,35,42);1H,(H,2,3)/t17-,31+;/m1./s1. The van der Waals surface area contributed by atoms with E-state index in [4.69, 9.17) is 25.1 Å². The van der Waals surface area contributed by atoms with Crippen molar-refractivity contribution >= 4 is 39.9 Å². The summed E-state index contributed by atoms with van der Waals surface area (Å²) < 4.78 is 58.2. The van der Waals surface area contributed by atoms with Gasteiger partial charge >= 0.3 is 6.01 Å². The van der Waals surface area contributed by atoms with Gasteiger partial charge < -0.3 is 30.3 Å². The first-order chi connectivity index (χ1) is 22.6. The number of benzene rings is 2. The second-order valence-electron chi connectivity index (χ2n) is 11.8. The number of aromatic nitrogens is 3. The maximum atomic E-state index is 16.8. The zero-order chi connectivity index (χ0) is 33.5. The second kappa shape index (κ2) is 12.7. The predicted molar refractivity (Wildman–Crippen MR) is 165 cm³/mol. The first kappa shape index (κ1) is 32.0.